The van der Waals surface area contributed by atoms with Crippen molar-refractivity contribution in [1.82, 2.24) is 0 Å². The van der Waals surface area contributed by atoms with Gasteiger partial charge >= 0.3 is 0 Å². The van der Waals surface area contributed by atoms with Gasteiger partial charge in [0.1, 0.15) is 0 Å². The Morgan fingerprint density at radius 1 is 0.972 bits per heavy atom. The van der Waals surface area contributed by atoms with Crippen LogP contribution in [-0.4, -0.2) is 30.2 Å². The van der Waals surface area contributed by atoms with Gasteiger partial charge in [0.05, 0.1) is 12.2 Å². The normalized spacial score (nSPS) is 43.1. The van der Waals surface area contributed by atoms with Crippen LogP contribution < -0.4 is 0 Å². The summed E-state index contributed by atoms with van der Waals surface area (Å²) in [6.07, 6.45) is 18.6. The standard InChI is InChI=1S/C33H54O3/c1-21(2)23(4)30(34)19-22(3)27-12-13-28-26-11-10-24-20-25(36-31-9-7-8-18-35-31)14-16-32(24,5)29(26)15-17-33(27,28)6/h10-11,21-23,25,27-31,34H,7-9,12-20H2,1-6H3/t22-,23-,25+,27-,28+,29+,30-,31?,32+,33-/m1/s1. The quantitative estimate of drug-likeness (QED) is 0.385. The third kappa shape index (κ3) is 4.79. The largest absolute Gasteiger partial charge is 0.393 e. The van der Waals surface area contributed by atoms with Crippen LogP contribution in [0, 0.1) is 46.3 Å². The molecule has 0 aromatic rings. The van der Waals surface area contributed by atoms with Crippen LogP contribution in [0.25, 0.3) is 0 Å². The van der Waals surface area contributed by atoms with Gasteiger partial charge in [0.2, 0.25) is 0 Å². The summed E-state index contributed by atoms with van der Waals surface area (Å²) in [6.45, 7) is 15.2. The highest BCUT2D eigenvalue weighted by Gasteiger charge is 2.57. The molecule has 5 rings (SSSR count). The van der Waals surface area contributed by atoms with Crippen molar-refractivity contribution in [3.63, 3.8) is 0 Å². The number of allylic oxidation sites excluding steroid dienone is 3. The molecule has 0 radical (unpaired) electrons. The summed E-state index contributed by atoms with van der Waals surface area (Å²) in [5.74, 6) is 3.68. The fraction of sp³-hybridized carbons (Fsp3) is 0.879. The van der Waals surface area contributed by atoms with Gasteiger partial charge in [-0.15, -0.1) is 0 Å². The highest BCUT2D eigenvalue weighted by Crippen LogP contribution is 2.66. The predicted molar refractivity (Wildman–Crippen MR) is 147 cm³/mol. The summed E-state index contributed by atoms with van der Waals surface area (Å²) in [5.41, 5.74) is 4.12. The average Bonchev–Trinajstić information content (AvgIpc) is 3.21. The molecule has 10 atom stereocenters. The average molecular weight is 499 g/mol. The van der Waals surface area contributed by atoms with E-state index in [1.54, 1.807) is 11.1 Å². The lowest BCUT2D eigenvalue weighted by molar-refractivity contribution is -0.193. The van der Waals surface area contributed by atoms with E-state index in [4.69, 9.17) is 9.47 Å². The number of fused-ring (bicyclic) bond motifs is 5. The Kier molecular flexibility index (Phi) is 7.86. The first-order valence-corrected chi connectivity index (χ1v) is 15.5. The monoisotopic (exact) mass is 498 g/mol. The summed E-state index contributed by atoms with van der Waals surface area (Å²) < 4.78 is 12.3. The highest BCUT2D eigenvalue weighted by atomic mass is 16.7. The first-order valence-electron chi connectivity index (χ1n) is 15.5. The minimum absolute atomic E-state index is 0.0262. The van der Waals surface area contributed by atoms with Crippen LogP contribution in [0.5, 0.6) is 0 Å². The van der Waals surface area contributed by atoms with Gasteiger partial charge in [-0.25, -0.2) is 0 Å². The molecule has 1 heterocycles. The molecule has 1 unspecified atom stereocenters. The molecular weight excluding hydrogens is 444 g/mol. The summed E-state index contributed by atoms with van der Waals surface area (Å²) in [7, 11) is 0. The van der Waals surface area contributed by atoms with Crippen molar-refractivity contribution >= 4 is 0 Å². The number of aliphatic hydroxyl groups excluding tert-OH is 1. The Balaban J connectivity index is 1.29. The molecule has 4 fully saturated rings. The Morgan fingerprint density at radius 2 is 1.78 bits per heavy atom. The van der Waals surface area contributed by atoms with Gasteiger partial charge in [0.15, 0.2) is 6.29 Å². The van der Waals surface area contributed by atoms with E-state index in [2.05, 4.69) is 53.7 Å². The molecule has 0 aromatic heterocycles. The van der Waals surface area contributed by atoms with E-state index in [9.17, 15) is 5.11 Å². The number of aliphatic hydroxyl groups is 1. The van der Waals surface area contributed by atoms with Crippen LogP contribution in [0.2, 0.25) is 0 Å². The predicted octanol–water partition coefficient (Wildman–Crippen LogP) is 8.08. The van der Waals surface area contributed by atoms with Crippen LogP contribution in [0.3, 0.4) is 0 Å². The van der Waals surface area contributed by atoms with Crippen molar-refractivity contribution in [3.05, 3.63) is 23.3 Å². The minimum atomic E-state index is -0.172. The molecule has 1 N–H and O–H groups in total. The van der Waals surface area contributed by atoms with Gasteiger partial charge in [0.25, 0.3) is 0 Å². The summed E-state index contributed by atoms with van der Waals surface area (Å²) in [6, 6.07) is 0. The number of rotatable bonds is 7. The van der Waals surface area contributed by atoms with E-state index in [1.807, 2.05) is 0 Å². The van der Waals surface area contributed by atoms with Crippen molar-refractivity contribution in [1.29, 1.82) is 0 Å². The van der Waals surface area contributed by atoms with Crippen LogP contribution >= 0.6 is 0 Å². The van der Waals surface area contributed by atoms with E-state index < -0.39 is 0 Å². The van der Waals surface area contributed by atoms with Crippen LogP contribution in [0.4, 0.5) is 0 Å². The molecule has 1 saturated heterocycles. The third-order valence-electron chi connectivity index (χ3n) is 12.0. The van der Waals surface area contributed by atoms with E-state index in [0.717, 1.165) is 37.7 Å². The zero-order valence-electron chi connectivity index (χ0n) is 24.1. The molecule has 3 heteroatoms. The Hall–Kier alpha value is -0.640. The molecule has 36 heavy (non-hydrogen) atoms. The van der Waals surface area contributed by atoms with Gasteiger partial charge in [0, 0.05) is 6.61 Å². The molecule has 3 nitrogen and oxygen atoms in total. The van der Waals surface area contributed by atoms with Crippen LogP contribution in [0.15, 0.2) is 23.3 Å². The van der Waals surface area contributed by atoms with Crippen molar-refractivity contribution < 1.29 is 14.6 Å². The topological polar surface area (TPSA) is 38.7 Å². The van der Waals surface area contributed by atoms with Crippen LogP contribution in [0.1, 0.15) is 112 Å². The lowest BCUT2D eigenvalue weighted by Gasteiger charge is -2.55. The maximum Gasteiger partial charge on any atom is 0.157 e. The fourth-order valence-corrected chi connectivity index (χ4v) is 9.30. The van der Waals surface area contributed by atoms with Crippen LogP contribution in [-0.2, 0) is 9.47 Å². The van der Waals surface area contributed by atoms with E-state index >= 15 is 0 Å². The maximum atomic E-state index is 10.9. The SMILES string of the molecule is CC(C)[C@@H](C)[C@H](O)C[C@@H](C)[C@H]1CC[C@H]2C3=CC=C4C[C@@H](OC5CCCCO5)CC[C@]4(C)[C@H]3CC[C@]12C. The van der Waals surface area contributed by atoms with Gasteiger partial charge in [-0.05, 0) is 117 Å². The molecular formula is C33H54O3. The molecule has 0 amide bonds. The van der Waals surface area contributed by atoms with Crippen molar-refractivity contribution in [3.8, 4) is 0 Å². The lowest BCUT2D eigenvalue weighted by atomic mass is 9.50. The minimum Gasteiger partial charge on any atom is -0.393 e. The Morgan fingerprint density at radius 3 is 2.50 bits per heavy atom. The lowest BCUT2D eigenvalue weighted by Crippen LogP contribution is -2.47. The second kappa shape index (κ2) is 10.5. The second-order valence-electron chi connectivity index (χ2n) is 14.3. The molecule has 0 spiro atoms. The van der Waals surface area contributed by atoms with Gasteiger partial charge in [-0.2, -0.15) is 0 Å². The molecule has 1 aliphatic heterocycles. The summed E-state index contributed by atoms with van der Waals surface area (Å²) in [5, 5.41) is 10.9. The number of hydrogen-bond acceptors (Lipinski definition) is 3. The molecule has 3 saturated carbocycles. The number of hydrogen-bond donors (Lipinski definition) is 1. The zero-order valence-corrected chi connectivity index (χ0v) is 24.1. The van der Waals surface area contributed by atoms with E-state index in [1.165, 1.54) is 51.4 Å². The first kappa shape index (κ1) is 26.9. The van der Waals surface area contributed by atoms with Gasteiger partial charge in [-0.1, -0.05) is 64.8 Å². The molecule has 0 aromatic carbocycles. The fourth-order valence-electron chi connectivity index (χ4n) is 9.30. The summed E-state index contributed by atoms with van der Waals surface area (Å²) in [4.78, 5) is 0. The van der Waals surface area contributed by atoms with Gasteiger partial charge in [-0.3, -0.25) is 0 Å². The van der Waals surface area contributed by atoms with Crippen molar-refractivity contribution in [2.24, 2.45) is 46.3 Å². The first-order chi connectivity index (χ1) is 17.1. The Bertz CT molecular complexity index is 838. The molecule has 4 aliphatic carbocycles. The smallest absolute Gasteiger partial charge is 0.157 e. The van der Waals surface area contributed by atoms with Crippen molar-refractivity contribution in [2.45, 2.75) is 131 Å². The zero-order chi connectivity index (χ0) is 25.7. The highest BCUT2D eigenvalue weighted by molar-refractivity contribution is 5.39. The summed E-state index contributed by atoms with van der Waals surface area (Å²) >= 11 is 0. The van der Waals surface area contributed by atoms with E-state index in [0.29, 0.717) is 40.6 Å². The molecule has 0 bridgehead atoms. The maximum absolute atomic E-state index is 10.9. The number of ether oxygens (including phenoxy) is 2. The van der Waals surface area contributed by atoms with Crippen molar-refractivity contribution in [2.75, 3.05) is 6.61 Å². The second-order valence-corrected chi connectivity index (χ2v) is 14.3. The molecule has 5 aliphatic rings. The molecule has 204 valence electrons. The van der Waals surface area contributed by atoms with E-state index in [-0.39, 0.29) is 12.4 Å². The van der Waals surface area contributed by atoms with Gasteiger partial charge < -0.3 is 14.6 Å². The Labute approximate surface area is 221 Å². The third-order valence-corrected chi connectivity index (χ3v) is 12.0.